The van der Waals surface area contributed by atoms with Crippen molar-refractivity contribution in [1.29, 1.82) is 0 Å². The average molecular weight is 388 g/mol. The van der Waals surface area contributed by atoms with Crippen molar-refractivity contribution in [3.63, 3.8) is 0 Å². The van der Waals surface area contributed by atoms with Crippen LogP contribution in [-0.2, 0) is 6.42 Å². The minimum absolute atomic E-state index is 0.256. The Kier molecular flexibility index (Phi) is 6.57. The summed E-state index contributed by atoms with van der Waals surface area (Å²) in [5.74, 6) is 0.900. The lowest BCUT2D eigenvalue weighted by Gasteiger charge is -2.40. The molecule has 2 aromatic carbocycles. The van der Waals surface area contributed by atoms with Gasteiger partial charge in [-0.3, -0.25) is 0 Å². The number of rotatable bonds is 6. The van der Waals surface area contributed by atoms with Crippen LogP contribution in [0.1, 0.15) is 23.1 Å². The molecule has 152 valence electrons. The van der Waals surface area contributed by atoms with Crippen molar-refractivity contribution in [2.24, 2.45) is 5.92 Å². The van der Waals surface area contributed by atoms with E-state index in [1.54, 1.807) is 7.11 Å². The van der Waals surface area contributed by atoms with Crippen molar-refractivity contribution < 1.29 is 29.9 Å². The fourth-order valence-corrected chi connectivity index (χ4v) is 3.71. The van der Waals surface area contributed by atoms with E-state index in [0.717, 1.165) is 22.4 Å². The molecule has 0 bridgehead atoms. The summed E-state index contributed by atoms with van der Waals surface area (Å²) in [4.78, 5) is 0. The molecule has 1 aliphatic carbocycles. The van der Waals surface area contributed by atoms with Crippen molar-refractivity contribution in [2.45, 2.75) is 44.2 Å². The average Bonchev–Trinajstić information content (AvgIpc) is 2.71. The molecule has 4 N–H and O–H groups in total. The Labute approximate surface area is 165 Å². The molecule has 6 nitrogen and oxygen atoms in total. The lowest BCUT2D eigenvalue weighted by atomic mass is 9.81. The molecule has 6 heteroatoms. The number of aryl methyl sites for hydroxylation is 1. The minimum atomic E-state index is -1.36. The van der Waals surface area contributed by atoms with Crippen LogP contribution in [0, 0.1) is 12.8 Å². The molecule has 0 spiro atoms. The standard InChI is InChI=1S/C22H28O6/c1-13-4-3-5-15(10-14-6-8-17(27-2)9-7-14)22(13)28-18-11-16(12-23)19(24)21(26)20(18)25/h3-9,16,18-21,23-26H,10-12H2,1-2H3/t16-,18-,19-,20+,21+/m1/s1. The highest BCUT2D eigenvalue weighted by Crippen LogP contribution is 2.33. The molecule has 2 aromatic rings. The molecule has 1 fully saturated rings. The van der Waals surface area contributed by atoms with Crippen LogP contribution in [-0.4, -0.2) is 58.6 Å². The van der Waals surface area contributed by atoms with Gasteiger partial charge in [0.1, 0.15) is 29.8 Å². The first-order valence-corrected chi connectivity index (χ1v) is 9.47. The van der Waals surface area contributed by atoms with Crippen molar-refractivity contribution in [1.82, 2.24) is 0 Å². The van der Waals surface area contributed by atoms with Gasteiger partial charge in [0.15, 0.2) is 0 Å². The summed E-state index contributed by atoms with van der Waals surface area (Å²) in [6.07, 6.45) is -3.58. The summed E-state index contributed by atoms with van der Waals surface area (Å²) in [6, 6.07) is 13.6. The Balaban J connectivity index is 1.83. The highest BCUT2D eigenvalue weighted by molar-refractivity contribution is 5.44. The Morgan fingerprint density at radius 2 is 1.68 bits per heavy atom. The molecule has 28 heavy (non-hydrogen) atoms. The van der Waals surface area contributed by atoms with Crippen LogP contribution in [0.2, 0.25) is 0 Å². The lowest BCUT2D eigenvalue weighted by Crippen LogP contribution is -2.56. The molecular formula is C22H28O6. The van der Waals surface area contributed by atoms with Crippen molar-refractivity contribution in [3.8, 4) is 11.5 Å². The Bertz CT molecular complexity index is 773. The molecule has 1 saturated carbocycles. The van der Waals surface area contributed by atoms with E-state index in [-0.39, 0.29) is 13.0 Å². The third kappa shape index (κ3) is 4.31. The molecule has 0 amide bonds. The summed E-state index contributed by atoms with van der Waals surface area (Å²) in [5, 5.41) is 40.0. The van der Waals surface area contributed by atoms with E-state index >= 15 is 0 Å². The second kappa shape index (κ2) is 8.92. The summed E-state index contributed by atoms with van der Waals surface area (Å²) in [5.41, 5.74) is 2.96. The van der Waals surface area contributed by atoms with Gasteiger partial charge in [0.05, 0.1) is 13.2 Å². The second-order valence-electron chi connectivity index (χ2n) is 7.39. The number of aliphatic hydroxyl groups is 4. The second-order valence-corrected chi connectivity index (χ2v) is 7.39. The van der Waals surface area contributed by atoms with Crippen molar-refractivity contribution in [3.05, 3.63) is 59.2 Å². The van der Waals surface area contributed by atoms with Crippen LogP contribution in [0.3, 0.4) is 0 Å². The molecule has 0 aromatic heterocycles. The monoisotopic (exact) mass is 388 g/mol. The number of benzene rings is 2. The van der Waals surface area contributed by atoms with Gasteiger partial charge in [-0.25, -0.2) is 0 Å². The van der Waals surface area contributed by atoms with Gasteiger partial charge in [-0.15, -0.1) is 0 Å². The Morgan fingerprint density at radius 3 is 2.32 bits per heavy atom. The number of hydrogen-bond donors (Lipinski definition) is 4. The SMILES string of the molecule is COc1ccc(Cc2cccc(C)c2O[C@@H]2C[C@H](CO)[C@@H](O)[C@H](O)[C@H]2O)cc1. The quantitative estimate of drug-likeness (QED) is 0.598. The molecule has 1 aliphatic rings. The summed E-state index contributed by atoms with van der Waals surface area (Å²) < 4.78 is 11.3. The van der Waals surface area contributed by atoms with E-state index in [4.69, 9.17) is 9.47 Å². The first-order chi connectivity index (χ1) is 13.4. The van der Waals surface area contributed by atoms with Crippen molar-refractivity contribution in [2.75, 3.05) is 13.7 Å². The Morgan fingerprint density at radius 1 is 0.964 bits per heavy atom. The third-order valence-corrected chi connectivity index (χ3v) is 5.45. The van der Waals surface area contributed by atoms with Crippen LogP contribution < -0.4 is 9.47 Å². The zero-order chi connectivity index (χ0) is 20.3. The van der Waals surface area contributed by atoms with Crippen LogP contribution >= 0.6 is 0 Å². The van der Waals surface area contributed by atoms with Crippen LogP contribution in [0.4, 0.5) is 0 Å². The van der Waals surface area contributed by atoms with Gasteiger partial charge in [-0.1, -0.05) is 30.3 Å². The maximum absolute atomic E-state index is 10.4. The third-order valence-electron chi connectivity index (χ3n) is 5.45. The number of hydrogen-bond acceptors (Lipinski definition) is 6. The fraction of sp³-hybridized carbons (Fsp3) is 0.455. The van der Waals surface area contributed by atoms with E-state index in [0.29, 0.717) is 12.2 Å². The van der Waals surface area contributed by atoms with Crippen LogP contribution in [0.5, 0.6) is 11.5 Å². The highest BCUT2D eigenvalue weighted by Gasteiger charge is 2.43. The smallest absolute Gasteiger partial charge is 0.128 e. The fourth-order valence-electron chi connectivity index (χ4n) is 3.71. The van der Waals surface area contributed by atoms with E-state index in [9.17, 15) is 20.4 Å². The van der Waals surface area contributed by atoms with Gasteiger partial charge >= 0.3 is 0 Å². The highest BCUT2D eigenvalue weighted by atomic mass is 16.5. The number of para-hydroxylation sites is 1. The van der Waals surface area contributed by atoms with Gasteiger partial charge in [0.25, 0.3) is 0 Å². The van der Waals surface area contributed by atoms with Crippen LogP contribution in [0.15, 0.2) is 42.5 Å². The van der Waals surface area contributed by atoms with Crippen LogP contribution in [0.25, 0.3) is 0 Å². The normalized spacial score (nSPS) is 27.4. The predicted molar refractivity (Wildman–Crippen MR) is 105 cm³/mol. The number of ether oxygens (including phenoxy) is 2. The largest absolute Gasteiger partial charge is 0.497 e. The summed E-state index contributed by atoms with van der Waals surface area (Å²) in [6.45, 7) is 1.65. The Hall–Kier alpha value is -2.12. The molecule has 0 radical (unpaired) electrons. The van der Waals surface area contributed by atoms with Gasteiger partial charge < -0.3 is 29.9 Å². The zero-order valence-electron chi connectivity index (χ0n) is 16.2. The van der Waals surface area contributed by atoms with Crippen molar-refractivity contribution >= 4 is 0 Å². The molecule has 0 aliphatic heterocycles. The number of methoxy groups -OCH3 is 1. The first-order valence-electron chi connectivity index (χ1n) is 9.47. The first kappa shape index (κ1) is 20.6. The summed E-state index contributed by atoms with van der Waals surface area (Å²) >= 11 is 0. The van der Waals surface area contributed by atoms with E-state index in [2.05, 4.69) is 0 Å². The van der Waals surface area contributed by atoms with E-state index < -0.39 is 30.3 Å². The minimum Gasteiger partial charge on any atom is -0.497 e. The maximum atomic E-state index is 10.4. The zero-order valence-corrected chi connectivity index (χ0v) is 16.2. The van der Waals surface area contributed by atoms with Gasteiger partial charge in [0.2, 0.25) is 0 Å². The summed E-state index contributed by atoms with van der Waals surface area (Å²) in [7, 11) is 1.63. The number of aliphatic hydroxyl groups excluding tert-OH is 4. The molecule has 5 atom stereocenters. The topological polar surface area (TPSA) is 99.4 Å². The molecule has 3 rings (SSSR count). The molecule has 0 unspecified atom stereocenters. The van der Waals surface area contributed by atoms with Gasteiger partial charge in [0, 0.05) is 18.9 Å². The lowest BCUT2D eigenvalue weighted by molar-refractivity contribution is -0.157. The van der Waals surface area contributed by atoms with E-state index in [1.807, 2.05) is 49.4 Å². The van der Waals surface area contributed by atoms with Gasteiger partial charge in [-0.2, -0.15) is 0 Å². The van der Waals surface area contributed by atoms with Gasteiger partial charge in [-0.05, 0) is 42.2 Å². The molecule has 0 saturated heterocycles. The predicted octanol–water partition coefficient (Wildman–Crippen LogP) is 1.44. The molecule has 0 heterocycles. The van der Waals surface area contributed by atoms with E-state index in [1.165, 1.54) is 0 Å². The maximum Gasteiger partial charge on any atom is 0.128 e. The molecular weight excluding hydrogens is 360 g/mol.